The maximum atomic E-state index is 11.0. The van der Waals surface area contributed by atoms with E-state index in [-0.39, 0.29) is 30.8 Å². The summed E-state index contributed by atoms with van der Waals surface area (Å²) < 4.78 is 5.31. The highest BCUT2D eigenvalue weighted by Crippen LogP contribution is 2.26. The van der Waals surface area contributed by atoms with Crippen molar-refractivity contribution >= 4 is 45.9 Å². The third-order valence-corrected chi connectivity index (χ3v) is 3.20. The molecule has 0 fully saturated rings. The van der Waals surface area contributed by atoms with Crippen molar-refractivity contribution in [1.29, 1.82) is 0 Å². The summed E-state index contributed by atoms with van der Waals surface area (Å²) in [4.78, 5) is 11.0. The molecule has 1 atom stereocenters. The molecule has 90 valence electrons. The largest absolute Gasteiger partial charge is 0.469 e. The maximum Gasteiger partial charge on any atom is 0.307 e. The van der Waals surface area contributed by atoms with Gasteiger partial charge in [-0.15, -0.1) is 12.4 Å². The maximum absolute atomic E-state index is 11.0. The molecule has 0 saturated carbocycles. The van der Waals surface area contributed by atoms with E-state index in [0.29, 0.717) is 5.02 Å². The molecule has 0 saturated heterocycles. The van der Waals surface area contributed by atoms with Crippen molar-refractivity contribution in [3.05, 3.63) is 33.3 Å². The second-order valence-electron chi connectivity index (χ2n) is 3.06. The van der Waals surface area contributed by atoms with Crippen LogP contribution in [-0.2, 0) is 9.53 Å². The lowest BCUT2D eigenvalue weighted by Crippen LogP contribution is -2.16. The van der Waals surface area contributed by atoms with E-state index >= 15 is 0 Å². The summed E-state index contributed by atoms with van der Waals surface area (Å²) in [6.07, 6.45) is 0.157. The molecule has 0 aliphatic heterocycles. The molecule has 3 nitrogen and oxygen atoms in total. The molecular weight excluding hydrogens is 317 g/mol. The Balaban J connectivity index is 0.00000225. The summed E-state index contributed by atoms with van der Waals surface area (Å²) in [6.45, 7) is 0. The number of ether oxygens (including phenoxy) is 1. The van der Waals surface area contributed by atoms with E-state index in [1.165, 1.54) is 7.11 Å². The first-order chi connectivity index (χ1) is 7.04. The summed E-state index contributed by atoms with van der Waals surface area (Å²) >= 11 is 9.13. The first-order valence-electron chi connectivity index (χ1n) is 4.32. The summed E-state index contributed by atoms with van der Waals surface area (Å²) in [6, 6.07) is 4.96. The minimum absolute atomic E-state index is 0. The molecule has 0 aliphatic carbocycles. The zero-order valence-electron chi connectivity index (χ0n) is 8.57. The van der Waals surface area contributed by atoms with Crippen molar-refractivity contribution < 1.29 is 9.53 Å². The Morgan fingerprint density at radius 2 is 2.25 bits per heavy atom. The summed E-state index contributed by atoms with van der Waals surface area (Å²) in [5.74, 6) is -0.325. The van der Waals surface area contributed by atoms with Gasteiger partial charge in [0.1, 0.15) is 0 Å². The van der Waals surface area contributed by atoms with Crippen molar-refractivity contribution in [2.45, 2.75) is 12.5 Å². The fraction of sp³-hybridized carbons (Fsp3) is 0.300. The summed E-state index contributed by atoms with van der Waals surface area (Å²) in [5, 5.41) is 0.615. The van der Waals surface area contributed by atoms with Crippen molar-refractivity contribution in [1.82, 2.24) is 0 Å². The standard InChI is InChI=1S/C10H11BrClNO2.ClH/c1-15-10(14)5-9(13)6-2-3-8(12)7(11)4-6;/h2-4,9H,5,13H2,1H3;1H/t9-;/m0./s1. The number of hydrogen-bond donors (Lipinski definition) is 1. The highest BCUT2D eigenvalue weighted by Gasteiger charge is 2.12. The van der Waals surface area contributed by atoms with Crippen molar-refractivity contribution in [2.24, 2.45) is 5.73 Å². The molecule has 1 aromatic rings. The number of rotatable bonds is 3. The molecule has 0 bridgehead atoms. The number of hydrogen-bond acceptors (Lipinski definition) is 3. The van der Waals surface area contributed by atoms with Crippen LogP contribution in [0.2, 0.25) is 5.02 Å². The molecule has 0 amide bonds. The lowest BCUT2D eigenvalue weighted by atomic mass is 10.1. The predicted octanol–water partition coefficient (Wildman–Crippen LogP) is 3.09. The SMILES string of the molecule is COC(=O)C[C@H](N)c1ccc(Cl)c(Br)c1.Cl. The molecule has 0 radical (unpaired) electrons. The van der Waals surface area contributed by atoms with Gasteiger partial charge in [-0.25, -0.2) is 0 Å². The van der Waals surface area contributed by atoms with E-state index in [9.17, 15) is 4.79 Å². The molecule has 2 N–H and O–H groups in total. The van der Waals surface area contributed by atoms with E-state index in [1.807, 2.05) is 0 Å². The van der Waals surface area contributed by atoms with Gasteiger partial charge in [-0.1, -0.05) is 17.7 Å². The smallest absolute Gasteiger partial charge is 0.307 e. The first kappa shape index (κ1) is 15.7. The van der Waals surface area contributed by atoms with Gasteiger partial charge in [0.15, 0.2) is 0 Å². The molecule has 1 aromatic carbocycles. The fourth-order valence-corrected chi connectivity index (χ4v) is 1.64. The lowest BCUT2D eigenvalue weighted by Gasteiger charge is -2.11. The number of carbonyl (C=O) groups is 1. The van der Waals surface area contributed by atoms with E-state index in [0.717, 1.165) is 10.0 Å². The highest BCUT2D eigenvalue weighted by molar-refractivity contribution is 9.10. The van der Waals surface area contributed by atoms with Gasteiger partial charge in [-0.2, -0.15) is 0 Å². The Hall–Kier alpha value is -0.290. The fourth-order valence-electron chi connectivity index (χ4n) is 1.12. The predicted molar refractivity (Wildman–Crippen MR) is 70.0 cm³/mol. The Kier molecular flexibility index (Phi) is 6.99. The minimum atomic E-state index is -0.369. The molecule has 0 heterocycles. The third kappa shape index (κ3) is 4.29. The summed E-state index contributed by atoms with van der Waals surface area (Å²) in [5.41, 5.74) is 6.67. The minimum Gasteiger partial charge on any atom is -0.469 e. The number of carbonyl (C=O) groups excluding carboxylic acids is 1. The van der Waals surface area contributed by atoms with Crippen molar-refractivity contribution in [2.75, 3.05) is 7.11 Å². The van der Waals surface area contributed by atoms with Crippen LogP contribution in [0.15, 0.2) is 22.7 Å². The topological polar surface area (TPSA) is 52.3 Å². The molecule has 16 heavy (non-hydrogen) atoms. The monoisotopic (exact) mass is 327 g/mol. The average Bonchev–Trinajstić information content (AvgIpc) is 2.21. The second kappa shape index (κ2) is 7.12. The molecule has 0 aromatic heterocycles. The second-order valence-corrected chi connectivity index (χ2v) is 4.32. The van der Waals surface area contributed by atoms with Crippen LogP contribution in [0.1, 0.15) is 18.0 Å². The number of esters is 1. The van der Waals surface area contributed by atoms with Crippen LogP contribution in [0.5, 0.6) is 0 Å². The molecule has 0 spiro atoms. The number of halogens is 3. The quantitative estimate of drug-likeness (QED) is 0.867. The van der Waals surface area contributed by atoms with Crippen molar-refractivity contribution in [3.8, 4) is 0 Å². The zero-order valence-corrected chi connectivity index (χ0v) is 11.7. The Morgan fingerprint density at radius 1 is 1.62 bits per heavy atom. The highest BCUT2D eigenvalue weighted by atomic mass is 79.9. The van der Waals surface area contributed by atoms with Gasteiger partial charge in [0.25, 0.3) is 0 Å². The normalized spacial score (nSPS) is 11.5. The Morgan fingerprint density at radius 3 is 2.75 bits per heavy atom. The van der Waals surface area contributed by atoms with Crippen LogP contribution < -0.4 is 5.73 Å². The Labute approximate surface area is 114 Å². The van der Waals surface area contributed by atoms with Gasteiger partial charge < -0.3 is 10.5 Å². The number of nitrogens with two attached hydrogens (primary N) is 1. The van der Waals surface area contributed by atoms with Crippen LogP contribution >= 0.6 is 39.9 Å². The molecule has 0 aliphatic rings. The number of benzene rings is 1. The molecular formula is C10H12BrCl2NO2. The van der Waals surface area contributed by atoms with Crippen LogP contribution in [0, 0.1) is 0 Å². The first-order valence-corrected chi connectivity index (χ1v) is 5.49. The van der Waals surface area contributed by atoms with Crippen molar-refractivity contribution in [3.63, 3.8) is 0 Å². The van der Waals surface area contributed by atoms with E-state index in [1.54, 1.807) is 18.2 Å². The van der Waals surface area contributed by atoms with E-state index in [4.69, 9.17) is 17.3 Å². The van der Waals surface area contributed by atoms with Crippen LogP contribution in [-0.4, -0.2) is 13.1 Å². The number of methoxy groups -OCH3 is 1. The zero-order chi connectivity index (χ0) is 11.4. The summed E-state index contributed by atoms with van der Waals surface area (Å²) in [7, 11) is 1.34. The molecule has 0 unspecified atom stereocenters. The van der Waals surface area contributed by atoms with Gasteiger partial charge in [0.05, 0.1) is 18.6 Å². The van der Waals surface area contributed by atoms with Gasteiger partial charge in [0, 0.05) is 10.5 Å². The van der Waals surface area contributed by atoms with Crippen LogP contribution in [0.4, 0.5) is 0 Å². The van der Waals surface area contributed by atoms with Crippen LogP contribution in [0.25, 0.3) is 0 Å². The molecule has 1 rings (SSSR count). The third-order valence-electron chi connectivity index (χ3n) is 1.99. The van der Waals surface area contributed by atoms with Crippen LogP contribution in [0.3, 0.4) is 0 Å². The average molecular weight is 329 g/mol. The Bertz CT molecular complexity index is 374. The molecule has 6 heteroatoms. The van der Waals surface area contributed by atoms with Gasteiger partial charge in [0.2, 0.25) is 0 Å². The van der Waals surface area contributed by atoms with Gasteiger partial charge in [-0.3, -0.25) is 4.79 Å². The lowest BCUT2D eigenvalue weighted by molar-refractivity contribution is -0.141. The van der Waals surface area contributed by atoms with Gasteiger partial charge >= 0.3 is 5.97 Å². The van der Waals surface area contributed by atoms with E-state index in [2.05, 4.69) is 20.7 Å². The van der Waals surface area contributed by atoms with Gasteiger partial charge in [-0.05, 0) is 33.6 Å². The van der Waals surface area contributed by atoms with E-state index < -0.39 is 0 Å².